The van der Waals surface area contributed by atoms with Crippen molar-refractivity contribution in [1.82, 2.24) is 0 Å². The van der Waals surface area contributed by atoms with Crippen LogP contribution < -0.4 is 9.47 Å². The lowest BCUT2D eigenvalue weighted by molar-refractivity contribution is 0.00310. The van der Waals surface area contributed by atoms with Crippen molar-refractivity contribution in [2.24, 2.45) is 0 Å². The monoisotopic (exact) mass is 368 g/mol. The molecule has 2 aliphatic heterocycles. The number of cyclic esters (lactones) is 4. The van der Waals surface area contributed by atoms with Gasteiger partial charge >= 0.3 is 23.9 Å². The third-order valence-corrected chi connectivity index (χ3v) is 4.10. The van der Waals surface area contributed by atoms with Crippen molar-refractivity contribution in [2.75, 3.05) is 0 Å². The first kappa shape index (κ1) is 16.8. The predicted molar refractivity (Wildman–Crippen MR) is 87.7 cm³/mol. The maximum atomic E-state index is 11.6. The summed E-state index contributed by atoms with van der Waals surface area (Å²) < 4.78 is 20.5. The van der Waals surface area contributed by atoms with Crippen LogP contribution in [0.1, 0.15) is 54.8 Å². The zero-order chi connectivity index (χ0) is 19.1. The second kappa shape index (κ2) is 6.24. The van der Waals surface area contributed by atoms with Crippen molar-refractivity contribution in [3.63, 3.8) is 0 Å². The van der Waals surface area contributed by atoms with E-state index in [4.69, 9.17) is 9.47 Å². The molecule has 0 fully saturated rings. The first-order valence-electron chi connectivity index (χ1n) is 8.10. The molecule has 0 radical (unpaired) electrons. The first-order valence-corrected chi connectivity index (χ1v) is 8.10. The molecular weight excluding hydrogens is 356 g/mol. The lowest BCUT2D eigenvalue weighted by atomic mass is 10.1. The Morgan fingerprint density at radius 2 is 1.11 bits per heavy atom. The van der Waals surface area contributed by atoms with Crippen molar-refractivity contribution >= 4 is 23.9 Å². The van der Waals surface area contributed by atoms with E-state index < -0.39 is 30.2 Å². The molecule has 0 saturated carbocycles. The largest absolute Gasteiger partial charge is 0.455 e. The third kappa shape index (κ3) is 2.91. The van der Waals surface area contributed by atoms with Gasteiger partial charge in [0.2, 0.25) is 6.29 Å². The highest BCUT2D eigenvalue weighted by Gasteiger charge is 2.31. The molecule has 27 heavy (non-hydrogen) atoms. The highest BCUT2D eigenvalue weighted by atomic mass is 16.7. The van der Waals surface area contributed by atoms with Crippen LogP contribution in [0.5, 0.6) is 11.5 Å². The van der Waals surface area contributed by atoms with E-state index >= 15 is 0 Å². The number of hydrogen-bond donors (Lipinski definition) is 0. The molecule has 8 nitrogen and oxygen atoms in total. The minimum Gasteiger partial charge on any atom is -0.455 e. The van der Waals surface area contributed by atoms with Gasteiger partial charge in [-0.1, -0.05) is 6.92 Å². The molecule has 2 aromatic rings. The number of benzene rings is 2. The van der Waals surface area contributed by atoms with Gasteiger partial charge in [-0.25, -0.2) is 19.2 Å². The number of esters is 4. The molecule has 0 saturated heterocycles. The van der Waals surface area contributed by atoms with E-state index in [0.29, 0.717) is 17.9 Å². The van der Waals surface area contributed by atoms with Gasteiger partial charge in [0.25, 0.3) is 0 Å². The number of fused-ring (bicyclic) bond motifs is 2. The second-order valence-corrected chi connectivity index (χ2v) is 5.84. The van der Waals surface area contributed by atoms with Crippen molar-refractivity contribution in [2.45, 2.75) is 19.6 Å². The average Bonchev–Trinajstić information content (AvgIpc) is 3.10. The number of hydrogen-bond acceptors (Lipinski definition) is 8. The fraction of sp³-hybridized carbons (Fsp3) is 0.158. The molecule has 136 valence electrons. The topological polar surface area (TPSA) is 105 Å². The smallest absolute Gasteiger partial charge is 0.347 e. The third-order valence-electron chi connectivity index (χ3n) is 4.10. The normalized spacial score (nSPS) is 14.7. The Labute approximate surface area is 152 Å². The fourth-order valence-electron chi connectivity index (χ4n) is 2.77. The van der Waals surface area contributed by atoms with E-state index in [9.17, 15) is 19.2 Å². The second-order valence-electron chi connectivity index (χ2n) is 5.84. The summed E-state index contributed by atoms with van der Waals surface area (Å²) in [4.78, 5) is 46.2. The van der Waals surface area contributed by atoms with Gasteiger partial charge in [0, 0.05) is 6.42 Å². The minimum absolute atomic E-state index is 0.131. The molecule has 8 heteroatoms. The number of ether oxygens (including phenoxy) is 4. The standard InChI is InChI=1S/C19H12O8/c1-2-15(24-9-3-5-11-13(7-9)18(22)26-16(11)20)25-10-4-6-12-14(8-10)19(23)27-17(12)21/h3-8,15H,2H2,1H3. The summed E-state index contributed by atoms with van der Waals surface area (Å²) in [6, 6.07) is 8.77. The molecule has 2 aliphatic rings. The van der Waals surface area contributed by atoms with Gasteiger partial charge in [-0.3, -0.25) is 0 Å². The van der Waals surface area contributed by atoms with Crippen LogP contribution in [0.3, 0.4) is 0 Å². The van der Waals surface area contributed by atoms with Crippen LogP contribution in [0.4, 0.5) is 0 Å². The molecule has 2 aromatic carbocycles. The molecule has 0 atom stereocenters. The van der Waals surface area contributed by atoms with Crippen LogP contribution in [-0.4, -0.2) is 30.2 Å². The van der Waals surface area contributed by atoms with Crippen LogP contribution >= 0.6 is 0 Å². The molecule has 4 rings (SSSR count). The Balaban J connectivity index is 1.53. The van der Waals surface area contributed by atoms with Crippen molar-refractivity contribution < 1.29 is 38.1 Å². The van der Waals surface area contributed by atoms with Gasteiger partial charge in [0.05, 0.1) is 22.3 Å². The molecule has 2 heterocycles. The fourth-order valence-corrected chi connectivity index (χ4v) is 2.77. The van der Waals surface area contributed by atoms with Gasteiger partial charge in [-0.15, -0.1) is 0 Å². The van der Waals surface area contributed by atoms with Gasteiger partial charge < -0.3 is 18.9 Å². The van der Waals surface area contributed by atoms with Crippen LogP contribution in [-0.2, 0) is 9.47 Å². The molecule has 0 N–H and O–H groups in total. The van der Waals surface area contributed by atoms with E-state index in [0.717, 1.165) is 0 Å². The summed E-state index contributed by atoms with van der Waals surface area (Å²) in [6.07, 6.45) is -0.289. The summed E-state index contributed by atoms with van der Waals surface area (Å²) in [6.45, 7) is 1.82. The van der Waals surface area contributed by atoms with E-state index in [1.807, 2.05) is 6.92 Å². The maximum Gasteiger partial charge on any atom is 0.347 e. The maximum absolute atomic E-state index is 11.6. The molecule has 0 amide bonds. The quantitative estimate of drug-likeness (QED) is 0.450. The van der Waals surface area contributed by atoms with Gasteiger partial charge in [0.15, 0.2) is 0 Å². The molecule has 0 spiro atoms. The van der Waals surface area contributed by atoms with Crippen LogP contribution in [0.25, 0.3) is 0 Å². The summed E-state index contributed by atoms with van der Waals surface area (Å²) >= 11 is 0. The molecule has 0 aliphatic carbocycles. The van der Waals surface area contributed by atoms with E-state index in [1.165, 1.54) is 36.4 Å². The molecule has 0 aromatic heterocycles. The number of carbonyl (C=O) groups excluding carboxylic acids is 4. The van der Waals surface area contributed by atoms with Gasteiger partial charge in [0.1, 0.15) is 11.5 Å². The summed E-state index contributed by atoms with van der Waals surface area (Å²) in [7, 11) is 0. The Hall–Kier alpha value is -3.68. The lowest BCUT2D eigenvalue weighted by Gasteiger charge is -2.19. The van der Waals surface area contributed by atoms with Gasteiger partial charge in [-0.2, -0.15) is 0 Å². The van der Waals surface area contributed by atoms with Gasteiger partial charge in [-0.05, 0) is 36.4 Å². The average molecular weight is 368 g/mol. The molecule has 0 unspecified atom stereocenters. The van der Waals surface area contributed by atoms with Crippen LogP contribution in [0.2, 0.25) is 0 Å². The number of rotatable bonds is 5. The first-order chi connectivity index (χ1) is 13.0. The van der Waals surface area contributed by atoms with E-state index in [2.05, 4.69) is 9.47 Å². The molecule has 0 bridgehead atoms. The Bertz CT molecular complexity index is 927. The molecular formula is C19H12O8. The minimum atomic E-state index is -0.734. The van der Waals surface area contributed by atoms with Crippen LogP contribution in [0.15, 0.2) is 36.4 Å². The van der Waals surface area contributed by atoms with E-state index in [-0.39, 0.29) is 22.3 Å². The van der Waals surface area contributed by atoms with Crippen molar-refractivity contribution in [1.29, 1.82) is 0 Å². The zero-order valence-electron chi connectivity index (χ0n) is 14.0. The number of carbonyl (C=O) groups is 4. The lowest BCUT2D eigenvalue weighted by Crippen LogP contribution is -2.23. The van der Waals surface area contributed by atoms with E-state index in [1.54, 1.807) is 0 Å². The highest BCUT2D eigenvalue weighted by Crippen LogP contribution is 2.28. The predicted octanol–water partition coefficient (Wildman–Crippen LogP) is 2.50. The Kier molecular flexibility index (Phi) is 3.88. The SMILES string of the molecule is CCC(Oc1ccc2c(c1)C(=O)OC2=O)Oc1ccc2c(c1)C(=O)OC2=O. The highest BCUT2D eigenvalue weighted by molar-refractivity contribution is 6.15. The summed E-state index contributed by atoms with van der Waals surface area (Å²) in [5.74, 6) is -2.19. The Morgan fingerprint density at radius 3 is 1.52 bits per heavy atom. The summed E-state index contributed by atoms with van der Waals surface area (Å²) in [5.41, 5.74) is 0.628. The Morgan fingerprint density at radius 1 is 0.704 bits per heavy atom. The van der Waals surface area contributed by atoms with Crippen LogP contribution in [0, 0.1) is 0 Å². The summed E-state index contributed by atoms with van der Waals surface area (Å²) in [5, 5.41) is 0. The van der Waals surface area contributed by atoms with Crippen molar-refractivity contribution in [3.8, 4) is 11.5 Å². The van der Waals surface area contributed by atoms with Crippen molar-refractivity contribution in [3.05, 3.63) is 58.7 Å². The zero-order valence-corrected chi connectivity index (χ0v) is 14.0.